The zero-order chi connectivity index (χ0) is 11.4. The Morgan fingerprint density at radius 1 is 1.62 bits per heavy atom. The van der Waals surface area contributed by atoms with Gasteiger partial charge >= 0.3 is 0 Å². The van der Waals surface area contributed by atoms with Crippen LogP contribution in [0.1, 0.15) is 26.2 Å². The van der Waals surface area contributed by atoms with Crippen molar-refractivity contribution < 1.29 is 4.74 Å². The molecule has 4 nitrogen and oxygen atoms in total. The Morgan fingerprint density at radius 2 is 2.50 bits per heavy atom. The second-order valence-electron chi connectivity index (χ2n) is 4.85. The highest BCUT2D eigenvalue weighted by atomic mass is 16.5. The van der Waals surface area contributed by atoms with Gasteiger partial charge in [0.1, 0.15) is 0 Å². The molecular formula is C12H21N3O. The lowest BCUT2D eigenvalue weighted by molar-refractivity contribution is -0.0400. The Labute approximate surface area is 96.8 Å². The molecule has 0 saturated heterocycles. The van der Waals surface area contributed by atoms with Gasteiger partial charge in [0.25, 0.3) is 0 Å². The van der Waals surface area contributed by atoms with Gasteiger partial charge in [0.2, 0.25) is 0 Å². The molecule has 16 heavy (non-hydrogen) atoms. The third kappa shape index (κ3) is 2.62. The summed E-state index contributed by atoms with van der Waals surface area (Å²) in [6.45, 7) is 4.42. The second kappa shape index (κ2) is 4.97. The fourth-order valence-corrected chi connectivity index (χ4v) is 2.51. The van der Waals surface area contributed by atoms with Gasteiger partial charge in [0, 0.05) is 18.9 Å². The highest BCUT2D eigenvalue weighted by Crippen LogP contribution is 2.36. The molecule has 4 heteroatoms. The third-order valence-corrected chi connectivity index (χ3v) is 3.47. The van der Waals surface area contributed by atoms with E-state index in [0.29, 0.717) is 13.2 Å². The molecule has 1 aromatic rings. The van der Waals surface area contributed by atoms with Crippen LogP contribution in [0.15, 0.2) is 18.5 Å². The van der Waals surface area contributed by atoms with Crippen molar-refractivity contribution in [1.82, 2.24) is 9.78 Å². The maximum absolute atomic E-state index is 6.00. The number of hydrogen-bond donors (Lipinski definition) is 1. The summed E-state index contributed by atoms with van der Waals surface area (Å²) in [4.78, 5) is 0. The number of nitrogens with zero attached hydrogens (tertiary/aromatic N) is 2. The van der Waals surface area contributed by atoms with Crippen molar-refractivity contribution in [2.45, 2.75) is 38.3 Å². The van der Waals surface area contributed by atoms with Gasteiger partial charge < -0.3 is 10.5 Å². The molecule has 0 aromatic carbocycles. The molecule has 1 fully saturated rings. The summed E-state index contributed by atoms with van der Waals surface area (Å²) >= 11 is 0. The van der Waals surface area contributed by atoms with E-state index in [2.05, 4.69) is 12.0 Å². The van der Waals surface area contributed by atoms with Crippen molar-refractivity contribution >= 4 is 0 Å². The van der Waals surface area contributed by atoms with Crippen LogP contribution in [0.2, 0.25) is 0 Å². The summed E-state index contributed by atoms with van der Waals surface area (Å²) in [5, 5.41) is 4.15. The van der Waals surface area contributed by atoms with Crippen LogP contribution < -0.4 is 5.73 Å². The zero-order valence-electron chi connectivity index (χ0n) is 9.93. The Kier molecular flexibility index (Phi) is 3.61. The molecule has 90 valence electrons. The lowest BCUT2D eigenvalue weighted by Crippen LogP contribution is -2.39. The summed E-state index contributed by atoms with van der Waals surface area (Å²) in [5.41, 5.74) is 5.78. The van der Waals surface area contributed by atoms with Crippen molar-refractivity contribution in [3.8, 4) is 0 Å². The Balaban J connectivity index is 1.79. The fraction of sp³-hybridized carbons (Fsp3) is 0.750. The van der Waals surface area contributed by atoms with E-state index in [4.69, 9.17) is 10.5 Å². The summed E-state index contributed by atoms with van der Waals surface area (Å²) in [6.07, 6.45) is 7.18. The summed E-state index contributed by atoms with van der Waals surface area (Å²) < 4.78 is 7.89. The lowest BCUT2D eigenvalue weighted by atomic mass is 10.0. The molecule has 1 aromatic heterocycles. The second-order valence-corrected chi connectivity index (χ2v) is 4.85. The van der Waals surface area contributed by atoms with Crippen LogP contribution in [-0.4, -0.2) is 28.5 Å². The van der Waals surface area contributed by atoms with Gasteiger partial charge in [-0.25, -0.2) is 0 Å². The van der Waals surface area contributed by atoms with Gasteiger partial charge in [-0.15, -0.1) is 0 Å². The van der Waals surface area contributed by atoms with Crippen LogP contribution in [0.4, 0.5) is 0 Å². The Bertz CT molecular complexity index is 312. The van der Waals surface area contributed by atoms with Crippen LogP contribution in [-0.2, 0) is 11.3 Å². The number of nitrogens with two attached hydrogens (primary N) is 1. The molecule has 0 amide bonds. The molecule has 0 radical (unpaired) electrons. The van der Waals surface area contributed by atoms with Crippen molar-refractivity contribution in [2.24, 2.45) is 11.7 Å². The van der Waals surface area contributed by atoms with Crippen molar-refractivity contribution in [3.05, 3.63) is 18.5 Å². The van der Waals surface area contributed by atoms with Gasteiger partial charge in [-0.3, -0.25) is 4.68 Å². The SMILES string of the molecule is CC1CCC(CN)(OCCn2cccn2)C1. The number of hydrogen-bond acceptors (Lipinski definition) is 3. The molecular weight excluding hydrogens is 202 g/mol. The lowest BCUT2D eigenvalue weighted by Gasteiger charge is -2.28. The van der Waals surface area contributed by atoms with Crippen LogP contribution in [0.3, 0.4) is 0 Å². The first-order chi connectivity index (χ1) is 7.74. The van der Waals surface area contributed by atoms with E-state index in [-0.39, 0.29) is 5.60 Å². The predicted octanol–water partition coefficient (Wildman–Crippen LogP) is 1.42. The van der Waals surface area contributed by atoms with Crippen molar-refractivity contribution in [1.29, 1.82) is 0 Å². The van der Waals surface area contributed by atoms with E-state index >= 15 is 0 Å². The van der Waals surface area contributed by atoms with Crippen molar-refractivity contribution in [3.63, 3.8) is 0 Å². The first-order valence-electron chi connectivity index (χ1n) is 6.05. The summed E-state index contributed by atoms with van der Waals surface area (Å²) in [5.74, 6) is 0.744. The molecule has 1 aliphatic carbocycles. The minimum atomic E-state index is -0.0629. The van der Waals surface area contributed by atoms with Gasteiger partial charge in [0.15, 0.2) is 0 Å². The molecule has 2 N–H and O–H groups in total. The van der Waals surface area contributed by atoms with Crippen LogP contribution >= 0.6 is 0 Å². The largest absolute Gasteiger partial charge is 0.372 e. The minimum absolute atomic E-state index is 0.0629. The van der Waals surface area contributed by atoms with E-state index in [1.165, 1.54) is 6.42 Å². The monoisotopic (exact) mass is 223 g/mol. The molecule has 1 aliphatic rings. The number of rotatable bonds is 5. The Morgan fingerprint density at radius 3 is 3.06 bits per heavy atom. The topological polar surface area (TPSA) is 53.1 Å². The van der Waals surface area contributed by atoms with E-state index in [1.807, 2.05) is 16.9 Å². The molecule has 2 rings (SSSR count). The Hall–Kier alpha value is -0.870. The first kappa shape index (κ1) is 11.6. The summed E-state index contributed by atoms with van der Waals surface area (Å²) in [6, 6.07) is 1.93. The minimum Gasteiger partial charge on any atom is -0.372 e. The fourth-order valence-electron chi connectivity index (χ4n) is 2.51. The van der Waals surface area contributed by atoms with Gasteiger partial charge in [-0.2, -0.15) is 5.10 Å². The summed E-state index contributed by atoms with van der Waals surface area (Å²) in [7, 11) is 0. The van der Waals surface area contributed by atoms with Crippen LogP contribution in [0.25, 0.3) is 0 Å². The quantitative estimate of drug-likeness (QED) is 0.821. The third-order valence-electron chi connectivity index (χ3n) is 3.47. The predicted molar refractivity (Wildman–Crippen MR) is 63.0 cm³/mol. The average Bonchev–Trinajstić information content (AvgIpc) is 2.89. The maximum atomic E-state index is 6.00. The van der Waals surface area contributed by atoms with E-state index in [9.17, 15) is 0 Å². The molecule has 2 unspecified atom stereocenters. The van der Waals surface area contributed by atoms with E-state index < -0.39 is 0 Å². The standard InChI is InChI=1S/C12H21N3O/c1-11-3-4-12(9-11,10-13)16-8-7-15-6-2-5-14-15/h2,5-6,11H,3-4,7-10,13H2,1H3. The smallest absolute Gasteiger partial charge is 0.0807 e. The molecule has 0 spiro atoms. The zero-order valence-corrected chi connectivity index (χ0v) is 9.93. The van der Waals surface area contributed by atoms with Crippen LogP contribution in [0.5, 0.6) is 0 Å². The van der Waals surface area contributed by atoms with Gasteiger partial charge in [-0.1, -0.05) is 6.92 Å². The molecule has 1 heterocycles. The highest BCUT2D eigenvalue weighted by molar-refractivity contribution is 4.90. The van der Waals surface area contributed by atoms with Gasteiger partial charge in [-0.05, 0) is 31.2 Å². The van der Waals surface area contributed by atoms with Crippen molar-refractivity contribution in [2.75, 3.05) is 13.2 Å². The molecule has 1 saturated carbocycles. The number of ether oxygens (including phenoxy) is 1. The number of aromatic nitrogens is 2. The van der Waals surface area contributed by atoms with Crippen LogP contribution in [0, 0.1) is 5.92 Å². The maximum Gasteiger partial charge on any atom is 0.0807 e. The van der Waals surface area contributed by atoms with E-state index in [1.54, 1.807) is 6.20 Å². The molecule has 0 bridgehead atoms. The molecule has 0 aliphatic heterocycles. The average molecular weight is 223 g/mol. The molecule has 2 atom stereocenters. The highest BCUT2D eigenvalue weighted by Gasteiger charge is 2.36. The normalized spacial score (nSPS) is 29.8. The van der Waals surface area contributed by atoms with E-state index in [0.717, 1.165) is 25.3 Å². The van der Waals surface area contributed by atoms with Gasteiger partial charge in [0.05, 0.1) is 18.8 Å². The first-order valence-corrected chi connectivity index (χ1v) is 6.05.